The molecule has 0 saturated heterocycles. The van der Waals surface area contributed by atoms with E-state index >= 15 is 0 Å². The number of rotatable bonds is 0. The summed E-state index contributed by atoms with van der Waals surface area (Å²) in [7, 11) is 0. The highest BCUT2D eigenvalue weighted by molar-refractivity contribution is 5.59. The monoisotopic (exact) mass is 212 g/mol. The van der Waals surface area contributed by atoms with Crippen LogP contribution in [-0.4, -0.2) is 0 Å². The molecule has 0 bridgehead atoms. The second-order valence-electron chi connectivity index (χ2n) is 9.33. The number of hydrogen-bond acceptors (Lipinski definition) is 0. The lowest BCUT2D eigenvalue weighted by Gasteiger charge is -2.56. The minimum atomic E-state index is 0.732. The fourth-order valence-electron chi connectivity index (χ4n) is 10.3. The van der Waals surface area contributed by atoms with Gasteiger partial charge in [-0.2, -0.15) is 0 Å². The quantitative estimate of drug-likeness (QED) is 0.578. The molecule has 0 radical (unpaired) electrons. The maximum Gasteiger partial charge on any atom is -0.0128 e. The Morgan fingerprint density at radius 1 is 1.00 bits per heavy atom. The fourth-order valence-corrected chi connectivity index (χ4v) is 10.3. The minimum absolute atomic E-state index is 0.732. The Morgan fingerprint density at radius 3 is 2.62 bits per heavy atom. The Labute approximate surface area is 97.2 Å². The first-order chi connectivity index (χ1) is 7.55. The molecule has 7 aliphatic carbocycles. The molecule has 10 atom stereocenters. The normalized spacial score (nSPS) is 92.8. The van der Waals surface area contributed by atoms with Crippen LogP contribution in [-0.2, 0) is 0 Å². The zero-order valence-electron chi connectivity index (χ0n) is 10.5. The van der Waals surface area contributed by atoms with Crippen LogP contribution in [0.25, 0.3) is 0 Å². The van der Waals surface area contributed by atoms with Crippen molar-refractivity contribution < 1.29 is 0 Å². The lowest BCUT2D eigenvalue weighted by Crippen LogP contribution is -2.52. The van der Waals surface area contributed by atoms with Crippen LogP contribution in [0, 0.1) is 63.1 Å². The molecule has 0 nitrogen and oxygen atoms in total. The van der Waals surface area contributed by atoms with Crippen molar-refractivity contribution in [3.8, 4) is 0 Å². The van der Waals surface area contributed by atoms with E-state index in [2.05, 4.69) is 20.8 Å². The molecule has 0 aromatic rings. The van der Waals surface area contributed by atoms with Gasteiger partial charge < -0.3 is 0 Å². The van der Waals surface area contributed by atoms with Crippen LogP contribution in [0.3, 0.4) is 0 Å². The predicted molar refractivity (Wildman–Crippen MR) is 60.4 cm³/mol. The van der Waals surface area contributed by atoms with Gasteiger partial charge in [-0.1, -0.05) is 20.8 Å². The largest absolute Gasteiger partial charge is 0.0590 e. The van der Waals surface area contributed by atoms with E-state index in [9.17, 15) is 0 Å². The van der Waals surface area contributed by atoms with Gasteiger partial charge in [0.05, 0.1) is 0 Å². The zero-order valence-corrected chi connectivity index (χ0v) is 10.5. The molecule has 7 saturated carbocycles. The molecule has 7 rings (SSSR count). The summed E-state index contributed by atoms with van der Waals surface area (Å²) in [6.45, 7) is 8.01. The first-order valence-electron chi connectivity index (χ1n) is 7.55. The van der Waals surface area contributed by atoms with E-state index < -0.39 is 0 Å². The summed E-state index contributed by atoms with van der Waals surface area (Å²) in [4.78, 5) is 0. The third kappa shape index (κ3) is 0.299. The summed E-state index contributed by atoms with van der Waals surface area (Å²) in [6.07, 6.45) is 3.32. The maximum absolute atomic E-state index is 2.68. The van der Waals surface area contributed by atoms with Crippen molar-refractivity contribution in [2.75, 3.05) is 0 Å². The van der Waals surface area contributed by atoms with Gasteiger partial charge in [-0.15, -0.1) is 0 Å². The van der Waals surface area contributed by atoms with Crippen LogP contribution in [0.15, 0.2) is 0 Å². The van der Waals surface area contributed by atoms with Gasteiger partial charge in [0.25, 0.3) is 0 Å². The van der Waals surface area contributed by atoms with Crippen molar-refractivity contribution in [1.29, 1.82) is 0 Å². The summed E-state index contributed by atoms with van der Waals surface area (Å²) in [5.41, 5.74) is 3.46. The van der Waals surface area contributed by atoms with E-state index in [-0.39, 0.29) is 0 Å². The molecule has 0 aromatic heterocycles. The van der Waals surface area contributed by atoms with Gasteiger partial charge >= 0.3 is 0 Å². The van der Waals surface area contributed by atoms with E-state index in [1.54, 1.807) is 12.8 Å². The second kappa shape index (κ2) is 1.33. The summed E-state index contributed by atoms with van der Waals surface area (Å²) in [5, 5.41) is 0. The van der Waals surface area contributed by atoms with Crippen LogP contribution >= 0.6 is 0 Å². The van der Waals surface area contributed by atoms with Gasteiger partial charge in [0.2, 0.25) is 0 Å². The molecule has 16 heavy (non-hydrogen) atoms. The van der Waals surface area contributed by atoms with Gasteiger partial charge in [0.15, 0.2) is 0 Å². The van der Waals surface area contributed by atoms with Gasteiger partial charge in [0, 0.05) is 0 Å². The van der Waals surface area contributed by atoms with Gasteiger partial charge in [-0.3, -0.25) is 0 Å². The van der Waals surface area contributed by atoms with Gasteiger partial charge in [0.1, 0.15) is 0 Å². The van der Waals surface area contributed by atoms with Crippen LogP contribution in [0.5, 0.6) is 0 Å². The van der Waals surface area contributed by atoms with Crippen LogP contribution in [0.4, 0.5) is 0 Å². The minimum Gasteiger partial charge on any atom is -0.0590 e. The molecule has 7 fully saturated rings. The molecule has 0 aromatic carbocycles. The summed E-state index contributed by atoms with van der Waals surface area (Å²) >= 11 is 0. The van der Waals surface area contributed by atoms with E-state index in [1.165, 1.54) is 41.4 Å². The van der Waals surface area contributed by atoms with Crippen molar-refractivity contribution in [2.24, 2.45) is 63.1 Å². The topological polar surface area (TPSA) is 0 Å². The van der Waals surface area contributed by atoms with E-state index in [4.69, 9.17) is 0 Å². The molecule has 84 valence electrons. The van der Waals surface area contributed by atoms with Crippen LogP contribution in [0.2, 0.25) is 0 Å². The Kier molecular flexibility index (Phi) is 0.619. The Hall–Kier alpha value is 0. The summed E-state index contributed by atoms with van der Waals surface area (Å²) < 4.78 is 0. The van der Waals surface area contributed by atoms with Crippen molar-refractivity contribution in [3.63, 3.8) is 0 Å². The average molecular weight is 212 g/mol. The predicted octanol–water partition coefficient (Wildman–Crippen LogP) is 3.18. The SMILES string of the molecule is CC1(C)C2C3(C)C4C5CC6CC17C6C7C5C423. The van der Waals surface area contributed by atoms with E-state index in [1.807, 2.05) is 0 Å². The molecule has 10 unspecified atom stereocenters. The van der Waals surface area contributed by atoms with E-state index in [0.717, 1.165) is 21.7 Å². The standard InChI is InChI=1S/C16H20/c1-13(2)12-14(3)11-7-4-6-5-15(13)8(6)10(15)9(7)16(11,12)14/h6-12H,4-5H2,1-3H3. The lowest BCUT2D eigenvalue weighted by atomic mass is 9.48. The highest BCUT2D eigenvalue weighted by Crippen LogP contribution is 3.16. The molecule has 2 spiro atoms. The molecule has 0 aliphatic heterocycles. The Bertz CT molecular complexity index is 514. The molecule has 0 heteroatoms. The van der Waals surface area contributed by atoms with Crippen molar-refractivity contribution >= 4 is 0 Å². The third-order valence-electron chi connectivity index (χ3n) is 9.90. The number of fused-ring (bicyclic) bond motifs is 3. The molecule has 0 amide bonds. The Balaban J connectivity index is 1.60. The maximum atomic E-state index is 2.68. The van der Waals surface area contributed by atoms with Crippen molar-refractivity contribution in [3.05, 3.63) is 0 Å². The van der Waals surface area contributed by atoms with Crippen molar-refractivity contribution in [1.82, 2.24) is 0 Å². The van der Waals surface area contributed by atoms with Crippen molar-refractivity contribution in [2.45, 2.75) is 33.6 Å². The summed E-state index contributed by atoms with van der Waals surface area (Å²) in [6, 6.07) is 0. The number of hydrogen-bond donors (Lipinski definition) is 0. The van der Waals surface area contributed by atoms with Crippen LogP contribution < -0.4 is 0 Å². The smallest absolute Gasteiger partial charge is 0.0128 e. The fraction of sp³-hybridized carbons (Fsp3) is 1.00. The third-order valence-corrected chi connectivity index (χ3v) is 9.90. The first-order valence-corrected chi connectivity index (χ1v) is 7.55. The second-order valence-corrected chi connectivity index (χ2v) is 9.33. The highest BCUT2D eigenvalue weighted by Gasteiger charge is 3.13. The molecule has 0 heterocycles. The molecular weight excluding hydrogens is 192 g/mol. The molecule has 0 N–H and O–H groups in total. The average Bonchev–Trinajstić information content (AvgIpc) is 2.95. The molecule has 7 aliphatic rings. The first kappa shape index (κ1) is 7.44. The summed E-state index contributed by atoms with van der Waals surface area (Å²) in [5.74, 6) is 8.55. The lowest BCUT2D eigenvalue weighted by molar-refractivity contribution is -0.0929. The Morgan fingerprint density at radius 2 is 1.81 bits per heavy atom. The van der Waals surface area contributed by atoms with Gasteiger partial charge in [-0.05, 0) is 75.9 Å². The molecular formula is C16H20. The van der Waals surface area contributed by atoms with Crippen LogP contribution in [0.1, 0.15) is 33.6 Å². The highest BCUT2D eigenvalue weighted by atomic mass is 15.2. The zero-order chi connectivity index (χ0) is 10.5. The van der Waals surface area contributed by atoms with Gasteiger partial charge in [-0.25, -0.2) is 0 Å². The van der Waals surface area contributed by atoms with E-state index in [0.29, 0.717) is 0 Å².